The van der Waals surface area contributed by atoms with Crippen LogP contribution in [0.1, 0.15) is 19.4 Å². The molecule has 16 heavy (non-hydrogen) atoms. The molecule has 1 aromatic rings. The fourth-order valence-corrected chi connectivity index (χ4v) is 1.72. The smallest absolute Gasteiger partial charge is 0.247 e. The van der Waals surface area contributed by atoms with Crippen LogP contribution in [0.15, 0.2) is 29.3 Å². The standard InChI is InChI=1S/C12H13FN2O/c1-12(2,11-14-7-10(16)15-11)8-3-5-9(13)6-4-8/h3-6H,7H2,1-2H3,(H,14,15,16). The zero-order chi connectivity index (χ0) is 11.8. The average Bonchev–Trinajstić information content (AvgIpc) is 2.66. The summed E-state index contributed by atoms with van der Waals surface area (Å²) in [5.74, 6) is 0.284. The molecule has 2 rings (SSSR count). The van der Waals surface area contributed by atoms with E-state index in [9.17, 15) is 9.18 Å². The quantitative estimate of drug-likeness (QED) is 0.808. The Balaban J connectivity index is 2.31. The molecule has 0 aromatic heterocycles. The number of aliphatic imine (C=N–C) groups is 1. The molecule has 1 amide bonds. The highest BCUT2D eigenvalue weighted by Crippen LogP contribution is 2.25. The van der Waals surface area contributed by atoms with Gasteiger partial charge in [-0.15, -0.1) is 0 Å². The Hall–Kier alpha value is -1.71. The van der Waals surface area contributed by atoms with Crippen LogP contribution in [-0.2, 0) is 10.2 Å². The van der Waals surface area contributed by atoms with E-state index in [-0.39, 0.29) is 18.3 Å². The Morgan fingerprint density at radius 1 is 1.31 bits per heavy atom. The molecule has 1 aliphatic heterocycles. The summed E-state index contributed by atoms with van der Waals surface area (Å²) < 4.78 is 12.8. The summed E-state index contributed by atoms with van der Waals surface area (Å²) in [6.45, 7) is 4.08. The molecular weight excluding hydrogens is 207 g/mol. The number of carbonyl (C=O) groups is 1. The molecule has 3 nitrogen and oxygen atoms in total. The van der Waals surface area contributed by atoms with E-state index in [0.717, 1.165) is 5.56 Å². The maximum atomic E-state index is 12.8. The number of benzene rings is 1. The Morgan fingerprint density at radius 3 is 2.44 bits per heavy atom. The number of carbonyl (C=O) groups excluding carboxylic acids is 1. The zero-order valence-electron chi connectivity index (χ0n) is 9.25. The van der Waals surface area contributed by atoms with Crippen LogP contribution in [0.25, 0.3) is 0 Å². The Morgan fingerprint density at radius 2 is 1.94 bits per heavy atom. The summed E-state index contributed by atoms with van der Waals surface area (Å²) in [5.41, 5.74) is 0.523. The molecule has 0 aliphatic carbocycles. The van der Waals surface area contributed by atoms with Crippen molar-refractivity contribution in [1.29, 1.82) is 0 Å². The van der Waals surface area contributed by atoms with E-state index < -0.39 is 5.41 Å². The summed E-state index contributed by atoms with van der Waals surface area (Å²) in [4.78, 5) is 15.2. The first-order chi connectivity index (χ1) is 7.50. The van der Waals surface area contributed by atoms with Crippen molar-refractivity contribution in [3.05, 3.63) is 35.6 Å². The molecule has 1 heterocycles. The van der Waals surface area contributed by atoms with Crippen molar-refractivity contribution in [3.8, 4) is 0 Å². The first-order valence-corrected chi connectivity index (χ1v) is 5.11. The lowest BCUT2D eigenvalue weighted by molar-refractivity contribution is -0.117. The van der Waals surface area contributed by atoms with Gasteiger partial charge in [0.05, 0.1) is 0 Å². The number of nitrogens with zero attached hydrogens (tertiary/aromatic N) is 1. The number of hydrogen-bond donors (Lipinski definition) is 1. The van der Waals surface area contributed by atoms with Crippen molar-refractivity contribution >= 4 is 11.7 Å². The summed E-state index contributed by atoms with van der Waals surface area (Å²) in [7, 11) is 0. The topological polar surface area (TPSA) is 41.5 Å². The third-order valence-electron chi connectivity index (χ3n) is 2.80. The van der Waals surface area contributed by atoms with Crippen molar-refractivity contribution in [2.24, 2.45) is 4.99 Å². The van der Waals surface area contributed by atoms with Gasteiger partial charge >= 0.3 is 0 Å². The number of amidine groups is 1. The lowest BCUT2D eigenvalue weighted by atomic mass is 9.83. The van der Waals surface area contributed by atoms with Gasteiger partial charge in [0, 0.05) is 5.41 Å². The third-order valence-corrected chi connectivity index (χ3v) is 2.80. The lowest BCUT2D eigenvalue weighted by Gasteiger charge is -2.25. The van der Waals surface area contributed by atoms with Crippen molar-refractivity contribution in [2.75, 3.05) is 6.54 Å². The molecule has 84 valence electrons. The molecule has 0 fully saturated rings. The van der Waals surface area contributed by atoms with Gasteiger partial charge in [-0.2, -0.15) is 0 Å². The Labute approximate surface area is 93.4 Å². The molecule has 0 unspecified atom stereocenters. The monoisotopic (exact) mass is 220 g/mol. The zero-order valence-corrected chi connectivity index (χ0v) is 9.25. The molecular formula is C12H13FN2O. The summed E-state index contributed by atoms with van der Waals surface area (Å²) in [6.07, 6.45) is 0. The molecule has 1 N–H and O–H groups in total. The van der Waals surface area contributed by atoms with Gasteiger partial charge in [-0.3, -0.25) is 9.79 Å². The van der Waals surface area contributed by atoms with E-state index in [1.54, 1.807) is 12.1 Å². The first-order valence-electron chi connectivity index (χ1n) is 5.11. The minimum Gasteiger partial charge on any atom is -0.312 e. The van der Waals surface area contributed by atoms with Gasteiger partial charge in [0.25, 0.3) is 0 Å². The predicted octanol–water partition coefficient (Wildman–Crippen LogP) is 1.63. The van der Waals surface area contributed by atoms with Crippen LogP contribution in [0.5, 0.6) is 0 Å². The first kappa shape index (κ1) is 10.8. The summed E-state index contributed by atoms with van der Waals surface area (Å²) in [6, 6.07) is 6.24. The molecule has 0 radical (unpaired) electrons. The van der Waals surface area contributed by atoms with E-state index in [1.165, 1.54) is 12.1 Å². The molecule has 1 aromatic carbocycles. The number of hydrogen-bond acceptors (Lipinski definition) is 2. The number of rotatable bonds is 2. The summed E-state index contributed by atoms with van der Waals surface area (Å²) in [5, 5.41) is 2.72. The van der Waals surface area contributed by atoms with Gasteiger partial charge in [-0.05, 0) is 31.5 Å². The minimum atomic E-state index is -0.403. The minimum absolute atomic E-state index is 0.0924. The molecule has 0 atom stereocenters. The van der Waals surface area contributed by atoms with E-state index >= 15 is 0 Å². The summed E-state index contributed by atoms with van der Waals surface area (Å²) >= 11 is 0. The van der Waals surface area contributed by atoms with Gasteiger partial charge in [0.1, 0.15) is 18.2 Å². The fraction of sp³-hybridized carbons (Fsp3) is 0.333. The number of amides is 1. The van der Waals surface area contributed by atoms with Crippen LogP contribution >= 0.6 is 0 Å². The second kappa shape index (κ2) is 3.70. The van der Waals surface area contributed by atoms with Gasteiger partial charge in [0.15, 0.2) is 0 Å². The van der Waals surface area contributed by atoms with Gasteiger partial charge in [-0.1, -0.05) is 12.1 Å². The highest BCUT2D eigenvalue weighted by Gasteiger charge is 2.31. The van der Waals surface area contributed by atoms with Crippen LogP contribution in [0.4, 0.5) is 4.39 Å². The maximum Gasteiger partial charge on any atom is 0.247 e. The molecule has 0 bridgehead atoms. The normalized spacial score (nSPS) is 15.9. The van der Waals surface area contributed by atoms with E-state index in [4.69, 9.17) is 0 Å². The molecule has 4 heteroatoms. The second-order valence-corrected chi connectivity index (χ2v) is 4.34. The SMILES string of the molecule is CC(C)(C1=NCC(=O)N1)c1ccc(F)cc1. The molecule has 0 spiro atoms. The highest BCUT2D eigenvalue weighted by atomic mass is 19.1. The highest BCUT2D eigenvalue weighted by molar-refractivity contribution is 6.08. The van der Waals surface area contributed by atoms with Gasteiger partial charge < -0.3 is 5.32 Å². The van der Waals surface area contributed by atoms with Crippen LogP contribution in [-0.4, -0.2) is 18.3 Å². The van der Waals surface area contributed by atoms with Crippen molar-refractivity contribution in [1.82, 2.24) is 5.32 Å². The lowest BCUT2D eigenvalue weighted by Crippen LogP contribution is -2.39. The van der Waals surface area contributed by atoms with Crippen molar-refractivity contribution < 1.29 is 9.18 Å². The van der Waals surface area contributed by atoms with Gasteiger partial charge in [0.2, 0.25) is 5.91 Å². The van der Waals surface area contributed by atoms with Crippen molar-refractivity contribution in [3.63, 3.8) is 0 Å². The molecule has 1 aliphatic rings. The van der Waals surface area contributed by atoms with E-state index in [2.05, 4.69) is 10.3 Å². The van der Waals surface area contributed by atoms with Crippen LogP contribution in [0.2, 0.25) is 0 Å². The maximum absolute atomic E-state index is 12.8. The van der Waals surface area contributed by atoms with E-state index in [0.29, 0.717) is 5.84 Å². The predicted molar refractivity (Wildman–Crippen MR) is 59.9 cm³/mol. The van der Waals surface area contributed by atoms with E-state index in [1.807, 2.05) is 13.8 Å². The number of halogens is 1. The largest absolute Gasteiger partial charge is 0.312 e. The van der Waals surface area contributed by atoms with Crippen molar-refractivity contribution in [2.45, 2.75) is 19.3 Å². The average molecular weight is 220 g/mol. The molecule has 0 saturated carbocycles. The van der Waals surface area contributed by atoms with Crippen LogP contribution < -0.4 is 5.32 Å². The Bertz CT molecular complexity index is 449. The fourth-order valence-electron chi connectivity index (χ4n) is 1.72. The molecule has 0 saturated heterocycles. The third kappa shape index (κ3) is 1.83. The van der Waals surface area contributed by atoms with Gasteiger partial charge in [-0.25, -0.2) is 4.39 Å². The van der Waals surface area contributed by atoms with Crippen LogP contribution in [0.3, 0.4) is 0 Å². The Kier molecular flexibility index (Phi) is 2.50. The number of nitrogens with one attached hydrogen (secondary N) is 1. The van der Waals surface area contributed by atoms with Crippen LogP contribution in [0, 0.1) is 5.82 Å². The second-order valence-electron chi connectivity index (χ2n) is 4.34.